The number of nitrogens with one attached hydrogen (secondary N) is 1. The lowest BCUT2D eigenvalue weighted by Gasteiger charge is -2.18. The largest absolute Gasteiger partial charge is 0.385 e. The molecule has 0 aromatic heterocycles. The average Bonchev–Trinajstić information content (AvgIpc) is 2.40. The number of rotatable bonds is 4. The van der Waals surface area contributed by atoms with Crippen molar-refractivity contribution in [2.24, 2.45) is 10.1 Å². The van der Waals surface area contributed by atoms with Crippen LogP contribution in [0, 0.1) is 0 Å². The van der Waals surface area contributed by atoms with Gasteiger partial charge in [-0.05, 0) is 24.5 Å². The Kier molecular flexibility index (Phi) is 6.52. The van der Waals surface area contributed by atoms with E-state index in [1.54, 1.807) is 7.11 Å². The fourth-order valence-corrected chi connectivity index (χ4v) is 2.53. The molecule has 0 radical (unpaired) electrons. The van der Waals surface area contributed by atoms with Crippen LogP contribution in [0.3, 0.4) is 0 Å². The van der Waals surface area contributed by atoms with Crippen molar-refractivity contribution in [2.75, 3.05) is 18.4 Å². The van der Waals surface area contributed by atoms with Gasteiger partial charge in [-0.2, -0.15) is 4.40 Å². The van der Waals surface area contributed by atoms with Crippen molar-refractivity contribution in [1.82, 2.24) is 0 Å². The van der Waals surface area contributed by atoms with Gasteiger partial charge in [-0.3, -0.25) is 4.72 Å². The van der Waals surface area contributed by atoms with Gasteiger partial charge in [-0.1, -0.05) is 26.0 Å². The summed E-state index contributed by atoms with van der Waals surface area (Å²) in [6.45, 7) is 4.71. The van der Waals surface area contributed by atoms with E-state index in [9.17, 15) is 4.21 Å². The molecule has 1 aromatic rings. The van der Waals surface area contributed by atoms with Crippen molar-refractivity contribution in [3.05, 3.63) is 29.3 Å². The van der Waals surface area contributed by atoms with E-state index in [4.69, 9.17) is 10.5 Å². The molecule has 1 heterocycles. The lowest BCUT2D eigenvalue weighted by molar-refractivity contribution is 0.195. The Hall–Kier alpha value is -1.40. The van der Waals surface area contributed by atoms with Crippen molar-refractivity contribution in [2.45, 2.75) is 26.7 Å². The highest BCUT2D eigenvalue weighted by Crippen LogP contribution is 2.24. The Morgan fingerprint density at radius 1 is 1.42 bits per heavy atom. The van der Waals surface area contributed by atoms with Crippen LogP contribution in [-0.2, 0) is 22.3 Å². The number of benzene rings is 1. The zero-order valence-electron chi connectivity index (χ0n) is 11.6. The quantitative estimate of drug-likeness (QED) is 0.830. The smallest absolute Gasteiger partial charge is 0.244 e. The molecular weight excluding hydrogens is 262 g/mol. The van der Waals surface area contributed by atoms with E-state index in [2.05, 4.69) is 9.12 Å². The van der Waals surface area contributed by atoms with Crippen LogP contribution in [0.1, 0.15) is 31.4 Å². The average molecular weight is 283 g/mol. The summed E-state index contributed by atoms with van der Waals surface area (Å²) in [5.41, 5.74) is 8.58. The van der Waals surface area contributed by atoms with Crippen LogP contribution in [0.5, 0.6) is 0 Å². The molecule has 2 rings (SSSR count). The third-order valence-corrected chi connectivity index (χ3v) is 3.34. The van der Waals surface area contributed by atoms with E-state index >= 15 is 0 Å². The number of hydrogen-bond acceptors (Lipinski definition) is 3. The number of fused-ring (bicyclic) bond motifs is 1. The second-order valence-electron chi connectivity index (χ2n) is 3.76. The minimum Gasteiger partial charge on any atom is -0.385 e. The third kappa shape index (κ3) is 4.04. The molecule has 1 atom stereocenters. The van der Waals surface area contributed by atoms with Crippen LogP contribution in [0.25, 0.3) is 0 Å². The molecule has 1 unspecified atom stereocenters. The van der Waals surface area contributed by atoms with Gasteiger partial charge >= 0.3 is 0 Å². The molecule has 0 saturated carbocycles. The number of nitrogens with two attached hydrogens (primary N) is 1. The summed E-state index contributed by atoms with van der Waals surface area (Å²) in [7, 11) is 1.68. The van der Waals surface area contributed by atoms with Gasteiger partial charge in [-0.25, -0.2) is 4.21 Å². The van der Waals surface area contributed by atoms with Crippen LogP contribution in [0.2, 0.25) is 0 Å². The maximum atomic E-state index is 11.3. The van der Waals surface area contributed by atoms with Gasteiger partial charge in [0.05, 0.1) is 5.69 Å². The van der Waals surface area contributed by atoms with Crippen molar-refractivity contribution >= 4 is 22.7 Å². The minimum atomic E-state index is -1.46. The summed E-state index contributed by atoms with van der Waals surface area (Å²) in [6.07, 6.45) is 1.78. The molecule has 1 aliphatic heterocycles. The van der Waals surface area contributed by atoms with Crippen molar-refractivity contribution in [3.8, 4) is 0 Å². The third-order valence-electron chi connectivity index (χ3n) is 2.58. The van der Waals surface area contributed by atoms with E-state index in [1.807, 2.05) is 32.0 Å². The lowest BCUT2D eigenvalue weighted by Crippen LogP contribution is -2.24. The van der Waals surface area contributed by atoms with E-state index in [0.29, 0.717) is 12.4 Å². The number of amidine groups is 1. The molecule has 0 saturated heterocycles. The summed E-state index contributed by atoms with van der Waals surface area (Å²) in [6, 6.07) is 5.78. The Morgan fingerprint density at radius 3 is 2.84 bits per heavy atom. The second kappa shape index (κ2) is 7.91. The van der Waals surface area contributed by atoms with Gasteiger partial charge in [0.1, 0.15) is 5.84 Å². The SMILES string of the molecule is CC.COCCCc1cccc2c1C(N)=NS(=O)N2. The minimum absolute atomic E-state index is 0.338. The monoisotopic (exact) mass is 283 g/mol. The number of nitrogens with zero attached hydrogens (tertiary/aromatic N) is 1. The normalized spacial score (nSPS) is 16.6. The van der Waals surface area contributed by atoms with Crippen LogP contribution >= 0.6 is 0 Å². The molecular formula is C13H21N3O2S. The van der Waals surface area contributed by atoms with Gasteiger partial charge in [-0.15, -0.1) is 0 Å². The van der Waals surface area contributed by atoms with Crippen molar-refractivity contribution in [3.63, 3.8) is 0 Å². The molecule has 0 aliphatic carbocycles. The highest BCUT2D eigenvalue weighted by atomic mass is 32.2. The molecule has 106 valence electrons. The summed E-state index contributed by atoms with van der Waals surface area (Å²) < 4.78 is 23.0. The number of ether oxygens (including phenoxy) is 1. The second-order valence-corrected chi connectivity index (χ2v) is 4.65. The fraction of sp³-hybridized carbons (Fsp3) is 0.462. The first-order valence-corrected chi connectivity index (χ1v) is 7.47. The molecule has 19 heavy (non-hydrogen) atoms. The van der Waals surface area contributed by atoms with Crippen molar-refractivity contribution in [1.29, 1.82) is 0 Å². The Morgan fingerprint density at radius 2 is 2.16 bits per heavy atom. The maximum absolute atomic E-state index is 11.3. The molecule has 1 aliphatic rings. The van der Waals surface area contributed by atoms with Gasteiger partial charge in [0.25, 0.3) is 0 Å². The summed E-state index contributed by atoms with van der Waals surface area (Å²) in [4.78, 5) is 0. The number of hydrogen-bond donors (Lipinski definition) is 2. The molecule has 0 bridgehead atoms. The molecule has 3 N–H and O–H groups in total. The Labute approximate surface area is 117 Å². The molecule has 6 heteroatoms. The zero-order chi connectivity index (χ0) is 14.3. The fourth-order valence-electron chi connectivity index (χ4n) is 1.85. The molecule has 0 fully saturated rings. The lowest BCUT2D eigenvalue weighted by atomic mass is 10.0. The molecule has 1 aromatic carbocycles. The van der Waals surface area contributed by atoms with Gasteiger partial charge in [0.15, 0.2) is 0 Å². The first-order chi connectivity index (χ1) is 9.22. The number of methoxy groups -OCH3 is 1. The predicted molar refractivity (Wildman–Crippen MR) is 80.5 cm³/mol. The summed E-state index contributed by atoms with van der Waals surface area (Å²) in [5.74, 6) is 0.338. The van der Waals surface area contributed by atoms with Crippen LogP contribution in [0.4, 0.5) is 5.69 Å². The van der Waals surface area contributed by atoms with Gasteiger partial charge in [0.2, 0.25) is 11.2 Å². The standard InChI is InChI=1S/C11H15N3O2S.C2H6/c1-16-7-3-5-8-4-2-6-9-10(8)11(12)14-17(15)13-9;1-2/h2,4,6,13H,3,5,7H2,1H3,(H2,12,14);1-2H3. The summed E-state index contributed by atoms with van der Waals surface area (Å²) >= 11 is -1.46. The summed E-state index contributed by atoms with van der Waals surface area (Å²) in [5, 5.41) is 0. The Balaban J connectivity index is 0.000000861. The van der Waals surface area contributed by atoms with Gasteiger partial charge in [0, 0.05) is 19.3 Å². The number of anilines is 1. The van der Waals surface area contributed by atoms with E-state index in [0.717, 1.165) is 29.7 Å². The molecule has 5 nitrogen and oxygen atoms in total. The maximum Gasteiger partial charge on any atom is 0.244 e. The van der Waals surface area contributed by atoms with Crippen LogP contribution in [0.15, 0.2) is 22.6 Å². The topological polar surface area (TPSA) is 76.7 Å². The highest BCUT2D eigenvalue weighted by molar-refractivity contribution is 7.85. The van der Waals surface area contributed by atoms with Crippen LogP contribution in [-0.4, -0.2) is 23.8 Å². The van der Waals surface area contributed by atoms with Gasteiger partial charge < -0.3 is 10.5 Å². The van der Waals surface area contributed by atoms with E-state index < -0.39 is 11.2 Å². The molecule has 0 amide bonds. The van der Waals surface area contributed by atoms with Crippen LogP contribution < -0.4 is 10.5 Å². The Bertz CT molecular complexity index is 475. The number of aryl methyl sites for hydroxylation is 1. The first-order valence-electron chi connectivity index (χ1n) is 6.36. The van der Waals surface area contributed by atoms with E-state index in [-0.39, 0.29) is 0 Å². The highest BCUT2D eigenvalue weighted by Gasteiger charge is 2.18. The first kappa shape index (κ1) is 15.7. The zero-order valence-corrected chi connectivity index (χ0v) is 12.4. The predicted octanol–water partition coefficient (Wildman–Crippen LogP) is 2.00. The van der Waals surface area contributed by atoms with E-state index in [1.165, 1.54) is 0 Å². The van der Waals surface area contributed by atoms with Crippen molar-refractivity contribution < 1.29 is 8.95 Å². The molecule has 0 spiro atoms.